The molecule has 0 aromatic carbocycles. The summed E-state index contributed by atoms with van der Waals surface area (Å²) < 4.78 is 0. The highest BCUT2D eigenvalue weighted by atomic mass is 15.2. The second-order valence-electron chi connectivity index (χ2n) is 6.94. The maximum atomic E-state index is 2.64. The number of nitrogens with zero attached hydrogens (tertiary/aromatic N) is 1. The van der Waals surface area contributed by atoms with Crippen molar-refractivity contribution in [2.45, 2.75) is 32.7 Å². The van der Waals surface area contributed by atoms with Crippen molar-refractivity contribution in [3.05, 3.63) is 0 Å². The summed E-state index contributed by atoms with van der Waals surface area (Å²) in [7, 11) is 2.35. The first-order chi connectivity index (χ1) is 7.18. The molecule has 1 nitrogen and oxygen atoms in total. The molecule has 5 aliphatic rings. The van der Waals surface area contributed by atoms with Gasteiger partial charge in [0.1, 0.15) is 0 Å². The van der Waals surface area contributed by atoms with Crippen LogP contribution in [0.3, 0.4) is 0 Å². The number of fused-ring (bicyclic) bond motifs is 1. The van der Waals surface area contributed by atoms with Crippen LogP contribution in [0.2, 0.25) is 0 Å². The number of hydrogen-bond donors (Lipinski definition) is 0. The Hall–Kier alpha value is -0.0400. The summed E-state index contributed by atoms with van der Waals surface area (Å²) in [6.07, 6.45) is 3.16. The second-order valence-corrected chi connectivity index (χ2v) is 6.94. The molecule has 1 aliphatic heterocycles. The van der Waals surface area contributed by atoms with E-state index in [1.54, 1.807) is 12.8 Å². The lowest BCUT2D eigenvalue weighted by atomic mass is 9.55. The molecule has 4 aliphatic carbocycles. The van der Waals surface area contributed by atoms with E-state index in [-0.39, 0.29) is 0 Å². The zero-order valence-electron chi connectivity index (χ0n) is 10.2. The van der Waals surface area contributed by atoms with Gasteiger partial charge in [-0.05, 0) is 68.2 Å². The van der Waals surface area contributed by atoms with Gasteiger partial charge in [-0.2, -0.15) is 0 Å². The van der Waals surface area contributed by atoms with Crippen molar-refractivity contribution >= 4 is 0 Å². The Labute approximate surface area is 93.2 Å². The zero-order valence-corrected chi connectivity index (χ0v) is 10.2. The average molecular weight is 205 g/mol. The first-order valence-corrected chi connectivity index (χ1v) is 6.88. The fourth-order valence-electron chi connectivity index (χ4n) is 5.86. The number of rotatable bonds is 0. The highest BCUT2D eigenvalue weighted by Crippen LogP contribution is 2.69. The lowest BCUT2D eigenvalue weighted by Crippen LogP contribution is -2.47. The predicted molar refractivity (Wildman–Crippen MR) is 61.4 cm³/mol. The monoisotopic (exact) mass is 205 g/mol. The van der Waals surface area contributed by atoms with Gasteiger partial charge in [-0.25, -0.2) is 0 Å². The fourth-order valence-corrected chi connectivity index (χ4v) is 5.86. The molecule has 8 unspecified atom stereocenters. The molecule has 0 spiro atoms. The van der Waals surface area contributed by atoms with E-state index in [2.05, 4.69) is 25.8 Å². The SMILES string of the molecule is CC1CC2C3CC3C1C1CN(C)C(C)C21. The molecule has 8 atom stereocenters. The Bertz CT molecular complexity index is 298. The molecule has 2 bridgehead atoms. The molecule has 1 saturated heterocycles. The number of likely N-dealkylation sites (tertiary alicyclic amines) is 1. The summed E-state index contributed by atoms with van der Waals surface area (Å²) in [6, 6.07) is 0.872. The molecule has 84 valence electrons. The van der Waals surface area contributed by atoms with Crippen molar-refractivity contribution < 1.29 is 0 Å². The van der Waals surface area contributed by atoms with Gasteiger partial charge >= 0.3 is 0 Å². The van der Waals surface area contributed by atoms with E-state index in [4.69, 9.17) is 0 Å². The van der Waals surface area contributed by atoms with E-state index < -0.39 is 0 Å². The third-order valence-corrected chi connectivity index (χ3v) is 6.47. The Balaban J connectivity index is 1.74. The summed E-state index contributed by atoms with van der Waals surface area (Å²) >= 11 is 0. The molecule has 5 rings (SSSR count). The largest absolute Gasteiger partial charge is 0.303 e. The van der Waals surface area contributed by atoms with Gasteiger partial charge in [-0.15, -0.1) is 0 Å². The molecular weight excluding hydrogens is 182 g/mol. The standard InChI is InChI=1S/C14H23N/c1-7-4-10-9-5-11(9)13(7)12-6-15(3)8(2)14(10)12/h7-14H,4-6H2,1-3H3. The van der Waals surface area contributed by atoms with Crippen LogP contribution in [0.1, 0.15) is 26.7 Å². The molecule has 1 heteroatoms. The molecule has 5 fully saturated rings. The summed E-state index contributed by atoms with van der Waals surface area (Å²) in [5, 5.41) is 0. The van der Waals surface area contributed by atoms with Gasteiger partial charge in [-0.1, -0.05) is 6.92 Å². The Morgan fingerprint density at radius 3 is 2.40 bits per heavy atom. The molecule has 0 N–H and O–H groups in total. The van der Waals surface area contributed by atoms with Gasteiger partial charge in [0.15, 0.2) is 0 Å². The summed E-state index contributed by atoms with van der Waals surface area (Å²) in [6.45, 7) is 6.42. The lowest BCUT2D eigenvalue weighted by molar-refractivity contribution is -0.00880. The minimum atomic E-state index is 0.872. The van der Waals surface area contributed by atoms with Crippen LogP contribution >= 0.6 is 0 Å². The van der Waals surface area contributed by atoms with Crippen LogP contribution in [0.15, 0.2) is 0 Å². The van der Waals surface area contributed by atoms with Crippen molar-refractivity contribution in [1.29, 1.82) is 0 Å². The van der Waals surface area contributed by atoms with Crippen LogP contribution < -0.4 is 0 Å². The smallest absolute Gasteiger partial charge is 0.00982 e. The van der Waals surface area contributed by atoms with Gasteiger partial charge in [0.05, 0.1) is 0 Å². The zero-order chi connectivity index (χ0) is 10.3. The van der Waals surface area contributed by atoms with Crippen molar-refractivity contribution in [3.8, 4) is 0 Å². The van der Waals surface area contributed by atoms with Crippen molar-refractivity contribution in [3.63, 3.8) is 0 Å². The van der Waals surface area contributed by atoms with E-state index in [9.17, 15) is 0 Å². The third-order valence-electron chi connectivity index (χ3n) is 6.47. The molecule has 0 amide bonds. The quantitative estimate of drug-likeness (QED) is 0.587. The van der Waals surface area contributed by atoms with Crippen LogP contribution in [0.4, 0.5) is 0 Å². The maximum Gasteiger partial charge on any atom is 0.00982 e. The molecule has 0 radical (unpaired) electrons. The van der Waals surface area contributed by atoms with E-state index in [0.29, 0.717) is 0 Å². The van der Waals surface area contributed by atoms with Crippen LogP contribution in [0, 0.1) is 41.4 Å². The highest BCUT2D eigenvalue weighted by Gasteiger charge is 2.65. The van der Waals surface area contributed by atoms with Crippen LogP contribution in [0.25, 0.3) is 0 Å². The Morgan fingerprint density at radius 2 is 1.60 bits per heavy atom. The summed E-state index contributed by atoms with van der Waals surface area (Å²) in [5.74, 6) is 7.73. The van der Waals surface area contributed by atoms with Gasteiger partial charge < -0.3 is 4.90 Å². The van der Waals surface area contributed by atoms with Gasteiger partial charge in [0, 0.05) is 12.6 Å². The first-order valence-electron chi connectivity index (χ1n) is 6.88. The Morgan fingerprint density at radius 1 is 0.867 bits per heavy atom. The molecule has 15 heavy (non-hydrogen) atoms. The lowest BCUT2D eigenvalue weighted by Gasteiger charge is -2.49. The minimum Gasteiger partial charge on any atom is -0.303 e. The van der Waals surface area contributed by atoms with Crippen molar-refractivity contribution in [2.24, 2.45) is 41.4 Å². The van der Waals surface area contributed by atoms with Crippen LogP contribution in [-0.4, -0.2) is 24.5 Å². The first kappa shape index (κ1) is 9.04. The normalized spacial score (nSPS) is 66.6. The van der Waals surface area contributed by atoms with E-state index in [0.717, 1.165) is 35.6 Å². The van der Waals surface area contributed by atoms with Crippen molar-refractivity contribution in [2.75, 3.05) is 13.6 Å². The van der Waals surface area contributed by atoms with Gasteiger partial charge in [0.2, 0.25) is 0 Å². The summed E-state index contributed by atoms with van der Waals surface area (Å²) in [5.41, 5.74) is 0. The highest BCUT2D eigenvalue weighted by molar-refractivity contribution is 5.15. The van der Waals surface area contributed by atoms with Crippen LogP contribution in [0.5, 0.6) is 0 Å². The van der Waals surface area contributed by atoms with Gasteiger partial charge in [-0.3, -0.25) is 0 Å². The minimum absolute atomic E-state index is 0.872. The third kappa shape index (κ3) is 0.945. The molecular formula is C14H23N. The molecule has 0 aromatic rings. The fraction of sp³-hybridized carbons (Fsp3) is 1.00. The summed E-state index contributed by atoms with van der Waals surface area (Å²) in [4.78, 5) is 2.64. The second kappa shape index (κ2) is 2.61. The topological polar surface area (TPSA) is 3.24 Å². The van der Waals surface area contributed by atoms with Gasteiger partial charge in [0.25, 0.3) is 0 Å². The molecule has 4 saturated carbocycles. The predicted octanol–water partition coefficient (Wildman–Crippen LogP) is 2.47. The average Bonchev–Trinajstić information content (AvgIpc) is 2.91. The maximum absolute atomic E-state index is 2.64. The van der Waals surface area contributed by atoms with E-state index >= 15 is 0 Å². The van der Waals surface area contributed by atoms with E-state index in [1.807, 2.05) is 0 Å². The molecule has 1 heterocycles. The Kier molecular flexibility index (Phi) is 1.57. The number of hydrogen-bond acceptors (Lipinski definition) is 1. The van der Waals surface area contributed by atoms with Crippen LogP contribution in [-0.2, 0) is 0 Å². The van der Waals surface area contributed by atoms with E-state index in [1.165, 1.54) is 18.4 Å². The molecule has 0 aromatic heterocycles. The van der Waals surface area contributed by atoms with Crippen molar-refractivity contribution in [1.82, 2.24) is 4.90 Å².